The van der Waals surface area contributed by atoms with Crippen molar-refractivity contribution in [3.8, 4) is 0 Å². The van der Waals surface area contributed by atoms with Crippen LogP contribution in [0.15, 0.2) is 40.5 Å². The first-order chi connectivity index (χ1) is 4.97. The SMILES string of the molecule is c1ccc2[te+]cccc2c1. The van der Waals surface area contributed by atoms with Gasteiger partial charge >= 0.3 is 69.7 Å². The molecule has 0 spiro atoms. The summed E-state index contributed by atoms with van der Waals surface area (Å²) < 4.78 is 3.88. The van der Waals surface area contributed by atoms with Crippen LogP contribution in [0.25, 0.3) is 8.79 Å². The molecule has 0 nitrogen and oxygen atoms in total. The second kappa shape index (κ2) is 2.70. The average molecular weight is 243 g/mol. The summed E-state index contributed by atoms with van der Waals surface area (Å²) in [6.45, 7) is 0. The molecule has 48 valence electrons. The van der Waals surface area contributed by atoms with E-state index < -0.39 is 0 Å². The van der Waals surface area contributed by atoms with Gasteiger partial charge in [-0.3, -0.25) is 0 Å². The Hall–Kier alpha value is -0.380. The van der Waals surface area contributed by atoms with Crippen LogP contribution in [-0.4, -0.2) is 20.4 Å². The van der Waals surface area contributed by atoms with Gasteiger partial charge in [0.1, 0.15) is 0 Å². The predicted octanol–water partition coefficient (Wildman–Crippen LogP) is 2.18. The third-order valence-electron chi connectivity index (χ3n) is 1.47. The van der Waals surface area contributed by atoms with Gasteiger partial charge in [0.05, 0.1) is 0 Å². The van der Waals surface area contributed by atoms with Gasteiger partial charge in [-0.05, 0) is 0 Å². The normalized spacial score (nSPS) is 10.0. The van der Waals surface area contributed by atoms with Gasteiger partial charge < -0.3 is 0 Å². The summed E-state index contributed by atoms with van der Waals surface area (Å²) in [5.41, 5.74) is 0. The van der Waals surface area contributed by atoms with Gasteiger partial charge in [0.15, 0.2) is 0 Å². The van der Waals surface area contributed by atoms with Crippen LogP contribution in [0.2, 0.25) is 0 Å². The first-order valence-corrected chi connectivity index (χ1v) is 5.73. The Kier molecular flexibility index (Phi) is 1.71. The van der Waals surface area contributed by atoms with Crippen molar-refractivity contribution in [2.75, 3.05) is 0 Å². The van der Waals surface area contributed by atoms with Crippen LogP contribution in [0, 0.1) is 0 Å². The Bertz CT molecular complexity index is 276. The van der Waals surface area contributed by atoms with Crippen molar-refractivity contribution >= 4 is 29.2 Å². The van der Waals surface area contributed by atoms with Crippen LogP contribution in [0.1, 0.15) is 0 Å². The van der Waals surface area contributed by atoms with E-state index in [0.717, 1.165) is 0 Å². The minimum atomic E-state index is 0.0183. The van der Waals surface area contributed by atoms with Crippen molar-refractivity contribution in [2.24, 2.45) is 0 Å². The van der Waals surface area contributed by atoms with E-state index in [-0.39, 0.29) is 20.4 Å². The van der Waals surface area contributed by atoms with Crippen LogP contribution in [0.5, 0.6) is 0 Å². The molecule has 10 heavy (non-hydrogen) atoms. The van der Waals surface area contributed by atoms with E-state index in [9.17, 15) is 0 Å². The fourth-order valence-electron chi connectivity index (χ4n) is 0.981. The van der Waals surface area contributed by atoms with Gasteiger partial charge in [0.25, 0.3) is 0 Å². The summed E-state index contributed by atoms with van der Waals surface area (Å²) >= 11 is 0.0183. The molecule has 0 saturated heterocycles. The number of hydrogen-bond acceptors (Lipinski definition) is 0. The van der Waals surface area contributed by atoms with Crippen molar-refractivity contribution < 1.29 is 0 Å². The van der Waals surface area contributed by atoms with E-state index in [0.29, 0.717) is 0 Å². The van der Waals surface area contributed by atoms with E-state index in [1.165, 1.54) is 5.39 Å². The monoisotopic (exact) mass is 245 g/mol. The Morgan fingerprint density at radius 1 is 0.900 bits per heavy atom. The number of benzene rings is 1. The van der Waals surface area contributed by atoms with Gasteiger partial charge in [0.2, 0.25) is 0 Å². The third-order valence-corrected chi connectivity index (χ3v) is 4.09. The Labute approximate surface area is 69.7 Å². The van der Waals surface area contributed by atoms with Gasteiger partial charge in [-0.15, -0.1) is 0 Å². The van der Waals surface area contributed by atoms with Crippen LogP contribution in [0.4, 0.5) is 0 Å². The first kappa shape index (κ1) is 6.34. The van der Waals surface area contributed by atoms with Gasteiger partial charge in [-0.1, -0.05) is 0 Å². The third kappa shape index (κ3) is 1.08. The number of hydrogen-bond donors (Lipinski definition) is 0. The summed E-state index contributed by atoms with van der Waals surface area (Å²) in [5.74, 6) is 0. The van der Waals surface area contributed by atoms with Crippen molar-refractivity contribution in [3.63, 3.8) is 0 Å². The molecule has 0 radical (unpaired) electrons. The van der Waals surface area contributed by atoms with E-state index in [4.69, 9.17) is 0 Å². The van der Waals surface area contributed by atoms with E-state index >= 15 is 0 Å². The molecule has 0 aliphatic rings. The summed E-state index contributed by atoms with van der Waals surface area (Å²) in [7, 11) is 0. The molecule has 0 fully saturated rings. The Morgan fingerprint density at radius 3 is 2.60 bits per heavy atom. The van der Waals surface area contributed by atoms with Gasteiger partial charge in [-0.2, -0.15) is 0 Å². The van der Waals surface area contributed by atoms with Crippen molar-refractivity contribution in [1.82, 2.24) is 0 Å². The summed E-state index contributed by atoms with van der Waals surface area (Å²) in [6, 6.07) is 13.0. The van der Waals surface area contributed by atoms with E-state index in [2.05, 4.69) is 40.5 Å². The molecule has 1 heteroatoms. The zero-order valence-corrected chi connectivity index (χ0v) is 7.78. The Balaban J connectivity index is 2.89. The topological polar surface area (TPSA) is 0 Å². The zero-order chi connectivity index (χ0) is 6.81. The number of fused-ring (bicyclic) bond motifs is 1. The van der Waals surface area contributed by atoms with Gasteiger partial charge in [-0.25, -0.2) is 0 Å². The molecule has 2 aromatic rings. The maximum absolute atomic E-state index is 2.31. The van der Waals surface area contributed by atoms with E-state index in [1.54, 1.807) is 3.40 Å². The Morgan fingerprint density at radius 2 is 1.70 bits per heavy atom. The molecule has 0 amide bonds. The molecule has 0 bridgehead atoms. The second-order valence-electron chi connectivity index (χ2n) is 2.15. The second-order valence-corrected chi connectivity index (χ2v) is 4.86. The van der Waals surface area contributed by atoms with Crippen LogP contribution in [-0.2, 0) is 0 Å². The van der Waals surface area contributed by atoms with Crippen molar-refractivity contribution in [1.29, 1.82) is 0 Å². The molecule has 0 saturated carbocycles. The molecule has 0 aliphatic carbocycles. The van der Waals surface area contributed by atoms with Crippen LogP contribution < -0.4 is 0 Å². The van der Waals surface area contributed by atoms with Crippen LogP contribution in [0.3, 0.4) is 0 Å². The molecule has 0 atom stereocenters. The predicted molar refractivity (Wildman–Crippen MR) is 45.3 cm³/mol. The van der Waals surface area contributed by atoms with Crippen molar-refractivity contribution in [2.45, 2.75) is 0 Å². The molecular weight excluding hydrogens is 236 g/mol. The molecule has 0 aliphatic heterocycles. The average Bonchev–Trinajstić information content (AvgIpc) is 2.05. The quantitative estimate of drug-likeness (QED) is 0.622. The standard InChI is InChI=1S/C9H7Te/c1-2-6-9-8(4-1)5-3-7-10-9/h1-7H/q+1. The molecule has 0 N–H and O–H groups in total. The molecule has 2 rings (SSSR count). The van der Waals surface area contributed by atoms with Gasteiger partial charge in [0, 0.05) is 0 Å². The summed E-state index contributed by atoms with van der Waals surface area (Å²) in [6.07, 6.45) is 0. The summed E-state index contributed by atoms with van der Waals surface area (Å²) in [4.78, 5) is 0. The fraction of sp³-hybridized carbons (Fsp3) is 0. The fourth-order valence-corrected chi connectivity index (χ4v) is 3.07. The van der Waals surface area contributed by atoms with Crippen molar-refractivity contribution in [3.05, 3.63) is 40.5 Å². The molecule has 0 unspecified atom stereocenters. The number of rotatable bonds is 0. The molecule has 1 aromatic heterocycles. The maximum atomic E-state index is 2.31. The van der Waals surface area contributed by atoms with Crippen LogP contribution >= 0.6 is 0 Å². The molecule has 1 heterocycles. The molecular formula is C9H7Te+. The zero-order valence-electron chi connectivity index (χ0n) is 5.45. The summed E-state index contributed by atoms with van der Waals surface area (Å²) in [5, 5.41) is 1.42. The molecule has 1 aromatic carbocycles. The van der Waals surface area contributed by atoms with E-state index in [1.807, 2.05) is 0 Å². The minimum absolute atomic E-state index is 0.0183. The first-order valence-electron chi connectivity index (χ1n) is 3.22.